The molecule has 0 amide bonds. The van der Waals surface area contributed by atoms with Crippen LogP contribution >= 0.6 is 15.9 Å². The summed E-state index contributed by atoms with van der Waals surface area (Å²) in [6, 6.07) is 2.94. The fourth-order valence-corrected chi connectivity index (χ4v) is 3.95. The number of aryl methyl sites for hydroxylation is 1. The van der Waals surface area contributed by atoms with Gasteiger partial charge in [-0.05, 0) is 59.7 Å². The molecule has 2 fully saturated rings. The van der Waals surface area contributed by atoms with Gasteiger partial charge in [0, 0.05) is 23.3 Å². The number of rotatable bonds is 1. The van der Waals surface area contributed by atoms with Gasteiger partial charge in [-0.1, -0.05) is 12.8 Å². The molecule has 2 nitrogen and oxygen atoms in total. The van der Waals surface area contributed by atoms with E-state index in [1.165, 1.54) is 50.0 Å². The van der Waals surface area contributed by atoms with Crippen molar-refractivity contribution in [2.45, 2.75) is 45.1 Å². The van der Waals surface area contributed by atoms with Gasteiger partial charge in [0.1, 0.15) is 5.82 Å². The average molecular weight is 295 g/mol. The fraction of sp³-hybridized carbons (Fsp3) is 0.643. The Bertz CT molecular complexity index is 419. The maximum atomic E-state index is 4.63. The Morgan fingerprint density at radius 1 is 1.29 bits per heavy atom. The van der Waals surface area contributed by atoms with Gasteiger partial charge in [-0.2, -0.15) is 0 Å². The Kier molecular flexibility index (Phi) is 3.12. The minimum Gasteiger partial charge on any atom is -0.353 e. The second-order valence-corrected chi connectivity index (χ2v) is 6.30. The van der Waals surface area contributed by atoms with Gasteiger partial charge in [0.25, 0.3) is 0 Å². The number of aromatic nitrogens is 1. The molecule has 3 heteroatoms. The maximum absolute atomic E-state index is 4.63. The Hall–Kier alpha value is -0.570. The molecule has 2 atom stereocenters. The third kappa shape index (κ3) is 2.10. The normalized spacial score (nSPS) is 28.2. The summed E-state index contributed by atoms with van der Waals surface area (Å²) in [5.41, 5.74) is 1.30. The van der Waals surface area contributed by atoms with Crippen LogP contribution in [-0.2, 0) is 0 Å². The van der Waals surface area contributed by atoms with Crippen molar-refractivity contribution in [2.24, 2.45) is 5.92 Å². The van der Waals surface area contributed by atoms with E-state index in [0.29, 0.717) is 0 Å². The van der Waals surface area contributed by atoms with Crippen LogP contribution in [0.25, 0.3) is 0 Å². The van der Waals surface area contributed by atoms with Crippen molar-refractivity contribution in [3.63, 3.8) is 0 Å². The Labute approximate surface area is 112 Å². The molecule has 92 valence electrons. The molecule has 0 bridgehead atoms. The van der Waals surface area contributed by atoms with Crippen LogP contribution in [0.3, 0.4) is 0 Å². The summed E-state index contributed by atoms with van der Waals surface area (Å²) < 4.78 is 1.08. The number of fused-ring (bicyclic) bond motifs is 1. The predicted molar refractivity (Wildman–Crippen MR) is 74.4 cm³/mol. The standard InChI is InChI=1S/C14H19BrN2/c1-10-8-12(15)9-16-14(10)17-7-6-11-4-2-3-5-13(11)17/h8-9,11,13H,2-7H2,1H3. The molecule has 2 unspecified atom stereocenters. The van der Waals surface area contributed by atoms with E-state index >= 15 is 0 Å². The zero-order valence-corrected chi connectivity index (χ0v) is 11.9. The minimum absolute atomic E-state index is 0.760. The molecule has 2 aliphatic rings. The van der Waals surface area contributed by atoms with Gasteiger partial charge in [-0.25, -0.2) is 4.98 Å². The Morgan fingerprint density at radius 3 is 2.94 bits per heavy atom. The summed E-state index contributed by atoms with van der Waals surface area (Å²) in [6.07, 6.45) is 8.91. The van der Waals surface area contributed by atoms with E-state index in [1.807, 2.05) is 6.20 Å². The molecule has 0 spiro atoms. The number of halogens is 1. The highest BCUT2D eigenvalue weighted by molar-refractivity contribution is 9.10. The van der Waals surface area contributed by atoms with Crippen molar-refractivity contribution in [3.05, 3.63) is 22.3 Å². The van der Waals surface area contributed by atoms with Crippen LogP contribution < -0.4 is 4.90 Å². The fourth-order valence-electron chi connectivity index (χ4n) is 3.50. The van der Waals surface area contributed by atoms with E-state index in [2.05, 4.69) is 38.8 Å². The number of pyridine rings is 1. The monoisotopic (exact) mass is 294 g/mol. The van der Waals surface area contributed by atoms with Crippen LogP contribution in [0.15, 0.2) is 16.7 Å². The number of nitrogens with zero attached hydrogens (tertiary/aromatic N) is 2. The van der Waals surface area contributed by atoms with E-state index in [0.717, 1.165) is 16.4 Å². The first-order valence-corrected chi connectivity index (χ1v) is 7.44. The number of anilines is 1. The van der Waals surface area contributed by atoms with Crippen molar-refractivity contribution in [1.29, 1.82) is 0 Å². The highest BCUT2D eigenvalue weighted by Gasteiger charge is 2.36. The second kappa shape index (κ2) is 4.60. The van der Waals surface area contributed by atoms with Gasteiger partial charge < -0.3 is 4.90 Å². The molecular weight excluding hydrogens is 276 g/mol. The highest BCUT2D eigenvalue weighted by atomic mass is 79.9. The van der Waals surface area contributed by atoms with E-state index in [1.54, 1.807) is 0 Å². The van der Waals surface area contributed by atoms with Crippen LogP contribution in [-0.4, -0.2) is 17.6 Å². The molecule has 0 radical (unpaired) electrons. The van der Waals surface area contributed by atoms with Crippen molar-refractivity contribution in [3.8, 4) is 0 Å². The van der Waals surface area contributed by atoms with Crippen LogP contribution in [0.2, 0.25) is 0 Å². The smallest absolute Gasteiger partial charge is 0.131 e. The largest absolute Gasteiger partial charge is 0.353 e. The summed E-state index contributed by atoms with van der Waals surface area (Å²) in [4.78, 5) is 7.19. The van der Waals surface area contributed by atoms with E-state index < -0.39 is 0 Å². The topological polar surface area (TPSA) is 16.1 Å². The first-order chi connectivity index (χ1) is 8.25. The third-order valence-corrected chi connectivity index (χ3v) is 4.73. The van der Waals surface area contributed by atoms with Gasteiger partial charge in [-0.3, -0.25) is 0 Å². The van der Waals surface area contributed by atoms with Crippen LogP contribution in [0, 0.1) is 12.8 Å². The summed E-state index contributed by atoms with van der Waals surface area (Å²) >= 11 is 3.49. The van der Waals surface area contributed by atoms with Gasteiger partial charge in [0.05, 0.1) is 0 Å². The number of hydrogen-bond acceptors (Lipinski definition) is 2. The van der Waals surface area contributed by atoms with Gasteiger partial charge >= 0.3 is 0 Å². The molecular formula is C14H19BrN2. The molecule has 1 aromatic rings. The highest BCUT2D eigenvalue weighted by Crippen LogP contribution is 2.39. The Balaban J connectivity index is 1.88. The molecule has 0 aromatic carbocycles. The van der Waals surface area contributed by atoms with Crippen LogP contribution in [0.1, 0.15) is 37.7 Å². The number of hydrogen-bond donors (Lipinski definition) is 0. The first kappa shape index (κ1) is 11.5. The molecule has 0 N–H and O–H groups in total. The van der Waals surface area contributed by atoms with Crippen molar-refractivity contribution < 1.29 is 0 Å². The lowest BCUT2D eigenvalue weighted by atomic mass is 9.85. The second-order valence-electron chi connectivity index (χ2n) is 5.39. The van der Waals surface area contributed by atoms with Crippen molar-refractivity contribution >= 4 is 21.7 Å². The lowest BCUT2D eigenvalue weighted by Crippen LogP contribution is -2.35. The average Bonchev–Trinajstić information content (AvgIpc) is 2.73. The first-order valence-electron chi connectivity index (χ1n) is 6.64. The van der Waals surface area contributed by atoms with Crippen LogP contribution in [0.5, 0.6) is 0 Å². The molecule has 1 saturated carbocycles. The summed E-state index contributed by atoms with van der Waals surface area (Å²) in [5.74, 6) is 2.14. The summed E-state index contributed by atoms with van der Waals surface area (Å²) in [7, 11) is 0. The zero-order chi connectivity index (χ0) is 11.8. The zero-order valence-electron chi connectivity index (χ0n) is 10.3. The van der Waals surface area contributed by atoms with E-state index in [4.69, 9.17) is 0 Å². The molecule has 17 heavy (non-hydrogen) atoms. The van der Waals surface area contributed by atoms with Gasteiger partial charge in [0.2, 0.25) is 0 Å². The van der Waals surface area contributed by atoms with Crippen molar-refractivity contribution in [2.75, 3.05) is 11.4 Å². The molecule has 1 saturated heterocycles. The lowest BCUT2D eigenvalue weighted by molar-refractivity contribution is 0.341. The summed E-state index contributed by atoms with van der Waals surface area (Å²) in [6.45, 7) is 3.37. The van der Waals surface area contributed by atoms with Crippen molar-refractivity contribution in [1.82, 2.24) is 4.98 Å². The molecule has 1 aliphatic carbocycles. The lowest BCUT2D eigenvalue weighted by Gasteiger charge is -2.33. The molecule has 1 aromatic heterocycles. The molecule has 2 heterocycles. The third-order valence-electron chi connectivity index (χ3n) is 4.30. The Morgan fingerprint density at radius 2 is 2.12 bits per heavy atom. The van der Waals surface area contributed by atoms with Crippen LogP contribution in [0.4, 0.5) is 5.82 Å². The minimum atomic E-state index is 0.760. The maximum Gasteiger partial charge on any atom is 0.131 e. The van der Waals surface area contributed by atoms with E-state index in [-0.39, 0.29) is 0 Å². The summed E-state index contributed by atoms with van der Waals surface area (Å²) in [5, 5.41) is 0. The molecule has 3 rings (SSSR count). The molecule has 1 aliphatic heterocycles. The predicted octanol–water partition coefficient (Wildman–Crippen LogP) is 3.92. The van der Waals surface area contributed by atoms with E-state index in [9.17, 15) is 0 Å². The SMILES string of the molecule is Cc1cc(Br)cnc1N1CCC2CCCCC21. The van der Waals surface area contributed by atoms with Gasteiger partial charge in [0.15, 0.2) is 0 Å². The quantitative estimate of drug-likeness (QED) is 0.780. The van der Waals surface area contributed by atoms with Gasteiger partial charge in [-0.15, -0.1) is 0 Å².